The number of likely N-dealkylation sites (N-methyl/N-ethyl adjacent to an activating group) is 1. The second-order valence-electron chi connectivity index (χ2n) is 3.66. The first-order chi connectivity index (χ1) is 7.77. The summed E-state index contributed by atoms with van der Waals surface area (Å²) in [7, 11) is 1.87. The Balaban J connectivity index is 0.00000256. The Morgan fingerprint density at radius 2 is 2.29 bits per heavy atom. The van der Waals surface area contributed by atoms with Gasteiger partial charge in [0.2, 0.25) is 5.91 Å². The average Bonchev–Trinajstić information content (AvgIpc) is 2.80. The first kappa shape index (κ1) is 16.4. The first-order valence-electron chi connectivity index (χ1n) is 5.72. The van der Waals surface area contributed by atoms with Gasteiger partial charge < -0.3 is 10.2 Å². The van der Waals surface area contributed by atoms with Crippen LogP contribution in [0.4, 0.5) is 0 Å². The highest BCUT2D eigenvalue weighted by Crippen LogP contribution is 2.10. The van der Waals surface area contributed by atoms with E-state index in [9.17, 15) is 4.79 Å². The van der Waals surface area contributed by atoms with E-state index in [1.54, 1.807) is 11.3 Å². The Hall–Kier alpha value is -0.580. The van der Waals surface area contributed by atoms with E-state index in [4.69, 9.17) is 0 Å². The van der Waals surface area contributed by atoms with Gasteiger partial charge in [-0.3, -0.25) is 4.79 Å². The molecular weight excluding hydrogens is 256 g/mol. The molecule has 5 heteroatoms. The Bertz CT molecular complexity index is 303. The van der Waals surface area contributed by atoms with Gasteiger partial charge in [-0.25, -0.2) is 0 Å². The minimum atomic E-state index is 0. The molecule has 1 amide bonds. The van der Waals surface area contributed by atoms with Crippen LogP contribution in [0.15, 0.2) is 17.5 Å². The predicted molar refractivity (Wildman–Crippen MR) is 76.1 cm³/mol. The Labute approximate surface area is 114 Å². The minimum Gasteiger partial charge on any atom is -0.343 e. The molecule has 98 valence electrons. The van der Waals surface area contributed by atoms with Crippen molar-refractivity contribution in [3.05, 3.63) is 22.4 Å². The number of hydrogen-bond acceptors (Lipinski definition) is 3. The maximum Gasteiger partial charge on any atom is 0.223 e. The van der Waals surface area contributed by atoms with E-state index < -0.39 is 0 Å². The van der Waals surface area contributed by atoms with Gasteiger partial charge in [0.15, 0.2) is 0 Å². The Morgan fingerprint density at radius 3 is 2.82 bits per heavy atom. The molecule has 0 saturated carbocycles. The van der Waals surface area contributed by atoms with Crippen LogP contribution in [0.1, 0.15) is 18.2 Å². The highest BCUT2D eigenvalue weighted by molar-refractivity contribution is 7.09. The molecule has 0 aliphatic carbocycles. The molecule has 0 atom stereocenters. The van der Waals surface area contributed by atoms with Gasteiger partial charge in [0, 0.05) is 30.9 Å². The van der Waals surface area contributed by atoms with Crippen LogP contribution in [0.2, 0.25) is 0 Å². The van der Waals surface area contributed by atoms with E-state index in [-0.39, 0.29) is 18.3 Å². The largest absolute Gasteiger partial charge is 0.343 e. The maximum atomic E-state index is 11.8. The normalized spacial score (nSPS) is 9.76. The van der Waals surface area contributed by atoms with Crippen molar-refractivity contribution in [2.75, 3.05) is 26.7 Å². The number of thiophene rings is 1. The van der Waals surface area contributed by atoms with E-state index in [1.165, 1.54) is 4.88 Å². The number of carbonyl (C=O) groups excluding carboxylic acids is 1. The molecule has 0 spiro atoms. The lowest BCUT2D eigenvalue weighted by Gasteiger charge is -2.20. The molecule has 1 aromatic rings. The predicted octanol–water partition coefficient (Wildman–Crippen LogP) is 2.17. The van der Waals surface area contributed by atoms with Crippen LogP contribution in [0, 0.1) is 0 Å². The topological polar surface area (TPSA) is 32.3 Å². The van der Waals surface area contributed by atoms with Gasteiger partial charge in [-0.05, 0) is 31.8 Å². The summed E-state index contributed by atoms with van der Waals surface area (Å²) in [6.07, 6.45) is 1.56. The van der Waals surface area contributed by atoms with Crippen molar-refractivity contribution < 1.29 is 4.79 Å². The molecule has 0 saturated heterocycles. The zero-order valence-corrected chi connectivity index (χ0v) is 12.1. The van der Waals surface area contributed by atoms with Gasteiger partial charge in [0.1, 0.15) is 0 Å². The molecule has 1 N–H and O–H groups in total. The van der Waals surface area contributed by atoms with Crippen molar-refractivity contribution in [2.45, 2.75) is 19.8 Å². The standard InChI is InChI=1S/C12H20N2OS.ClH/c1-3-14(12(15)6-8-13-2)9-7-11-5-4-10-16-11;/h4-5,10,13H,3,6-9H2,1-2H3;1H. The maximum absolute atomic E-state index is 11.8. The van der Waals surface area contributed by atoms with E-state index >= 15 is 0 Å². The molecule has 0 fully saturated rings. The Morgan fingerprint density at radius 1 is 1.53 bits per heavy atom. The highest BCUT2D eigenvalue weighted by atomic mass is 35.5. The van der Waals surface area contributed by atoms with Crippen molar-refractivity contribution in [1.82, 2.24) is 10.2 Å². The second-order valence-corrected chi connectivity index (χ2v) is 4.69. The van der Waals surface area contributed by atoms with Gasteiger partial charge >= 0.3 is 0 Å². The molecule has 0 unspecified atom stereocenters. The van der Waals surface area contributed by atoms with Gasteiger partial charge in [0.05, 0.1) is 0 Å². The molecule has 1 heterocycles. The van der Waals surface area contributed by atoms with Crippen LogP contribution < -0.4 is 5.32 Å². The molecular formula is C12H21ClN2OS. The van der Waals surface area contributed by atoms with Crippen LogP contribution in [0.25, 0.3) is 0 Å². The minimum absolute atomic E-state index is 0. The number of nitrogens with one attached hydrogen (secondary N) is 1. The third-order valence-corrected chi connectivity index (χ3v) is 3.47. The lowest BCUT2D eigenvalue weighted by molar-refractivity contribution is -0.130. The van der Waals surface area contributed by atoms with E-state index in [2.05, 4.69) is 22.8 Å². The van der Waals surface area contributed by atoms with Crippen LogP contribution in [0.3, 0.4) is 0 Å². The number of hydrogen-bond donors (Lipinski definition) is 1. The number of carbonyl (C=O) groups is 1. The van der Waals surface area contributed by atoms with Crippen LogP contribution in [0.5, 0.6) is 0 Å². The molecule has 0 bridgehead atoms. The van der Waals surface area contributed by atoms with E-state index in [0.29, 0.717) is 6.42 Å². The molecule has 0 radical (unpaired) electrons. The van der Waals surface area contributed by atoms with Gasteiger partial charge in [0.25, 0.3) is 0 Å². The highest BCUT2D eigenvalue weighted by Gasteiger charge is 2.10. The summed E-state index contributed by atoms with van der Waals surface area (Å²) in [6, 6.07) is 4.18. The van der Waals surface area contributed by atoms with Crippen molar-refractivity contribution in [3.8, 4) is 0 Å². The van der Waals surface area contributed by atoms with Crippen LogP contribution in [-0.4, -0.2) is 37.5 Å². The zero-order chi connectivity index (χ0) is 11.8. The molecule has 1 aromatic heterocycles. The van der Waals surface area contributed by atoms with Gasteiger partial charge in [-0.15, -0.1) is 23.7 Å². The summed E-state index contributed by atoms with van der Waals surface area (Å²) in [6.45, 7) is 4.42. The van der Waals surface area contributed by atoms with Crippen molar-refractivity contribution >= 4 is 29.7 Å². The lowest BCUT2D eigenvalue weighted by atomic mass is 10.3. The Kier molecular flexibility index (Phi) is 9.13. The summed E-state index contributed by atoms with van der Waals surface area (Å²) in [5, 5.41) is 5.08. The number of rotatable bonds is 7. The molecule has 17 heavy (non-hydrogen) atoms. The molecule has 0 aliphatic heterocycles. The lowest BCUT2D eigenvalue weighted by Crippen LogP contribution is -2.34. The molecule has 1 rings (SSSR count). The number of nitrogens with zero attached hydrogens (tertiary/aromatic N) is 1. The zero-order valence-electron chi connectivity index (χ0n) is 10.4. The first-order valence-corrected chi connectivity index (χ1v) is 6.60. The monoisotopic (exact) mass is 276 g/mol. The number of amides is 1. The third kappa shape index (κ3) is 6.05. The van der Waals surface area contributed by atoms with Gasteiger partial charge in [-0.2, -0.15) is 0 Å². The quantitative estimate of drug-likeness (QED) is 0.828. The second kappa shape index (κ2) is 9.45. The van der Waals surface area contributed by atoms with Crippen LogP contribution >= 0.6 is 23.7 Å². The van der Waals surface area contributed by atoms with E-state index in [1.807, 2.05) is 18.9 Å². The molecule has 3 nitrogen and oxygen atoms in total. The van der Waals surface area contributed by atoms with Gasteiger partial charge in [-0.1, -0.05) is 6.07 Å². The fraction of sp³-hybridized carbons (Fsp3) is 0.583. The van der Waals surface area contributed by atoms with Crippen molar-refractivity contribution in [2.24, 2.45) is 0 Å². The van der Waals surface area contributed by atoms with E-state index in [0.717, 1.165) is 26.1 Å². The summed E-state index contributed by atoms with van der Waals surface area (Å²) >= 11 is 1.75. The third-order valence-electron chi connectivity index (χ3n) is 2.53. The smallest absolute Gasteiger partial charge is 0.223 e. The summed E-state index contributed by atoms with van der Waals surface area (Å²) < 4.78 is 0. The van der Waals surface area contributed by atoms with Crippen LogP contribution in [-0.2, 0) is 11.2 Å². The fourth-order valence-electron chi connectivity index (χ4n) is 1.55. The van der Waals surface area contributed by atoms with Crippen molar-refractivity contribution in [3.63, 3.8) is 0 Å². The summed E-state index contributed by atoms with van der Waals surface area (Å²) in [4.78, 5) is 15.1. The fourth-order valence-corrected chi connectivity index (χ4v) is 2.25. The number of halogens is 1. The molecule has 0 aromatic carbocycles. The average molecular weight is 277 g/mol. The summed E-state index contributed by atoms with van der Waals surface area (Å²) in [5.41, 5.74) is 0. The summed E-state index contributed by atoms with van der Waals surface area (Å²) in [5.74, 6) is 0.244. The SMILES string of the molecule is CCN(CCc1cccs1)C(=O)CCNC.Cl. The van der Waals surface area contributed by atoms with Crippen molar-refractivity contribution in [1.29, 1.82) is 0 Å². The molecule has 0 aliphatic rings.